The zero-order valence-electron chi connectivity index (χ0n) is 21.9. The number of para-hydroxylation sites is 1. The van der Waals surface area contributed by atoms with E-state index in [1.54, 1.807) is 19.1 Å². The highest BCUT2D eigenvalue weighted by Crippen LogP contribution is 2.47. The van der Waals surface area contributed by atoms with Gasteiger partial charge in [-0.25, -0.2) is 0 Å². The van der Waals surface area contributed by atoms with Crippen molar-refractivity contribution in [2.24, 2.45) is 29.6 Å². The number of likely N-dealkylation sites (tertiary alicyclic amines) is 1. The Bertz CT molecular complexity index is 974. The molecule has 1 aromatic rings. The van der Waals surface area contributed by atoms with E-state index < -0.39 is 35.8 Å². The van der Waals surface area contributed by atoms with Crippen molar-refractivity contribution in [2.45, 2.75) is 66.0 Å². The fourth-order valence-corrected chi connectivity index (χ4v) is 6.08. The Morgan fingerprint density at radius 1 is 1.22 bits per heavy atom. The summed E-state index contributed by atoms with van der Waals surface area (Å²) in [4.78, 5) is 42.6. The van der Waals surface area contributed by atoms with E-state index in [4.69, 9.17) is 16.3 Å². The van der Waals surface area contributed by atoms with Crippen molar-refractivity contribution in [2.75, 3.05) is 18.5 Å². The van der Waals surface area contributed by atoms with Crippen molar-refractivity contribution < 1.29 is 24.2 Å². The van der Waals surface area contributed by atoms with Crippen LogP contribution in [0.3, 0.4) is 0 Å². The molecule has 1 aliphatic carbocycles. The molecule has 3 rings (SSSR count). The number of fused-ring (bicyclic) bond motifs is 1. The number of anilines is 1. The minimum Gasteiger partial charge on any atom is -0.466 e. The molecular weight excluding hydrogens is 480 g/mol. The molecule has 1 heterocycles. The molecule has 0 bridgehead atoms. The minimum atomic E-state index is -0.884. The molecule has 1 saturated heterocycles. The molecule has 1 aliphatic heterocycles. The van der Waals surface area contributed by atoms with Crippen LogP contribution in [-0.4, -0.2) is 53.1 Å². The van der Waals surface area contributed by atoms with Crippen LogP contribution in [0, 0.1) is 36.5 Å². The number of hydrogen-bond acceptors (Lipinski definition) is 5. The van der Waals surface area contributed by atoms with E-state index in [0.717, 1.165) is 18.4 Å². The molecular formula is C28H39ClN2O5. The molecule has 0 saturated carbocycles. The van der Waals surface area contributed by atoms with Crippen molar-refractivity contribution in [1.29, 1.82) is 0 Å². The van der Waals surface area contributed by atoms with Gasteiger partial charge in [0.05, 0.1) is 41.8 Å². The highest BCUT2D eigenvalue weighted by molar-refractivity contribution is 6.34. The van der Waals surface area contributed by atoms with Crippen LogP contribution < -0.4 is 5.32 Å². The van der Waals surface area contributed by atoms with E-state index in [0.29, 0.717) is 17.1 Å². The first-order valence-corrected chi connectivity index (χ1v) is 13.4. The number of aliphatic hydroxyl groups excluding tert-OH is 1. The molecule has 198 valence electrons. The third kappa shape index (κ3) is 5.62. The topological polar surface area (TPSA) is 95.9 Å². The summed E-state index contributed by atoms with van der Waals surface area (Å²) in [6.45, 7) is 9.60. The standard InChI is InChI=1S/C28H39ClN2O5/c1-6-9-18-12-13-20-23(22(18)28(35)36-7-2)27(34)31(19(15-32)14-16(3)4)25(20)26(33)30-24-17(5)10-8-11-21(24)29/h8,10-13,16,18-20,22-23,25,32H,6-7,9,14-15H2,1-5H3,(H,30,33)/t18-,19-,20+,22-,23+,25+/m1/s1. The molecule has 6 atom stereocenters. The number of aliphatic hydroxyl groups is 1. The number of benzene rings is 1. The number of carbonyl (C=O) groups excluding carboxylic acids is 3. The molecule has 36 heavy (non-hydrogen) atoms. The maximum absolute atomic E-state index is 14.1. The van der Waals surface area contributed by atoms with Gasteiger partial charge in [0.1, 0.15) is 6.04 Å². The third-order valence-electron chi connectivity index (χ3n) is 7.31. The molecule has 0 unspecified atom stereocenters. The molecule has 0 aromatic heterocycles. The van der Waals surface area contributed by atoms with E-state index in [-0.39, 0.29) is 36.9 Å². The highest BCUT2D eigenvalue weighted by atomic mass is 35.5. The van der Waals surface area contributed by atoms with Crippen LogP contribution in [0.1, 0.15) is 52.5 Å². The summed E-state index contributed by atoms with van der Waals surface area (Å²) in [6.07, 6.45) is 6.01. The fraction of sp³-hybridized carbons (Fsp3) is 0.607. The molecule has 0 radical (unpaired) electrons. The summed E-state index contributed by atoms with van der Waals surface area (Å²) < 4.78 is 5.41. The van der Waals surface area contributed by atoms with Gasteiger partial charge in [0.2, 0.25) is 11.8 Å². The van der Waals surface area contributed by atoms with Crippen LogP contribution in [0.4, 0.5) is 5.69 Å². The number of esters is 1. The first kappa shape index (κ1) is 28.2. The number of allylic oxidation sites excluding steroid dienone is 1. The van der Waals surface area contributed by atoms with Crippen LogP contribution in [0.15, 0.2) is 30.4 Å². The van der Waals surface area contributed by atoms with Crippen molar-refractivity contribution in [3.63, 3.8) is 0 Å². The van der Waals surface area contributed by atoms with Crippen LogP contribution in [0.2, 0.25) is 5.02 Å². The molecule has 1 fully saturated rings. The zero-order chi connectivity index (χ0) is 26.6. The second-order valence-corrected chi connectivity index (χ2v) is 10.7. The molecule has 2 N–H and O–H groups in total. The van der Waals surface area contributed by atoms with Gasteiger partial charge in [-0.1, -0.05) is 63.1 Å². The molecule has 8 heteroatoms. The Morgan fingerprint density at radius 2 is 1.94 bits per heavy atom. The van der Waals surface area contributed by atoms with Gasteiger partial charge in [-0.05, 0) is 50.2 Å². The lowest BCUT2D eigenvalue weighted by Gasteiger charge is -2.34. The lowest BCUT2D eigenvalue weighted by molar-refractivity contribution is -0.156. The number of nitrogens with one attached hydrogen (secondary N) is 1. The summed E-state index contributed by atoms with van der Waals surface area (Å²) in [6, 6.07) is 3.92. The Kier molecular flexibility index (Phi) is 9.59. The average Bonchev–Trinajstić information content (AvgIpc) is 3.12. The number of aryl methyl sites for hydroxylation is 1. The van der Waals surface area contributed by atoms with E-state index in [9.17, 15) is 19.5 Å². The van der Waals surface area contributed by atoms with E-state index in [1.807, 2.05) is 45.9 Å². The lowest BCUT2D eigenvalue weighted by Crippen LogP contribution is -2.51. The monoisotopic (exact) mass is 518 g/mol. The Hall–Kier alpha value is -2.38. The maximum Gasteiger partial charge on any atom is 0.310 e. The van der Waals surface area contributed by atoms with Gasteiger partial charge in [0.25, 0.3) is 0 Å². The van der Waals surface area contributed by atoms with Gasteiger partial charge in [-0.3, -0.25) is 14.4 Å². The van der Waals surface area contributed by atoms with E-state index in [2.05, 4.69) is 5.32 Å². The summed E-state index contributed by atoms with van der Waals surface area (Å²) in [5.41, 5.74) is 1.30. The van der Waals surface area contributed by atoms with Crippen molar-refractivity contribution in [3.8, 4) is 0 Å². The van der Waals surface area contributed by atoms with Crippen LogP contribution >= 0.6 is 11.6 Å². The second kappa shape index (κ2) is 12.2. The largest absolute Gasteiger partial charge is 0.466 e. The third-order valence-corrected chi connectivity index (χ3v) is 7.63. The number of halogens is 1. The lowest BCUT2D eigenvalue weighted by atomic mass is 9.69. The summed E-state index contributed by atoms with van der Waals surface area (Å²) in [5.74, 6) is -2.94. The predicted octanol–water partition coefficient (Wildman–Crippen LogP) is 4.60. The summed E-state index contributed by atoms with van der Waals surface area (Å²) >= 11 is 6.38. The van der Waals surface area contributed by atoms with Gasteiger partial charge >= 0.3 is 5.97 Å². The smallest absolute Gasteiger partial charge is 0.310 e. The number of ether oxygens (including phenoxy) is 1. The predicted molar refractivity (Wildman–Crippen MR) is 140 cm³/mol. The number of nitrogens with zero attached hydrogens (tertiary/aromatic N) is 1. The van der Waals surface area contributed by atoms with Gasteiger partial charge in [0, 0.05) is 5.92 Å². The van der Waals surface area contributed by atoms with E-state index in [1.165, 1.54) is 4.90 Å². The fourth-order valence-electron chi connectivity index (χ4n) is 5.82. The van der Waals surface area contributed by atoms with Gasteiger partial charge in [0.15, 0.2) is 0 Å². The zero-order valence-corrected chi connectivity index (χ0v) is 22.6. The van der Waals surface area contributed by atoms with Crippen LogP contribution in [-0.2, 0) is 19.1 Å². The number of rotatable bonds is 10. The van der Waals surface area contributed by atoms with Gasteiger partial charge < -0.3 is 20.1 Å². The summed E-state index contributed by atoms with van der Waals surface area (Å²) in [7, 11) is 0. The average molecular weight is 519 g/mol. The van der Waals surface area contributed by atoms with Crippen LogP contribution in [0.25, 0.3) is 0 Å². The minimum absolute atomic E-state index is 0.147. The van der Waals surface area contributed by atoms with Crippen molar-refractivity contribution >= 4 is 35.1 Å². The highest BCUT2D eigenvalue weighted by Gasteiger charge is 2.59. The Labute approximate surface area is 219 Å². The van der Waals surface area contributed by atoms with Crippen molar-refractivity contribution in [3.05, 3.63) is 40.9 Å². The second-order valence-electron chi connectivity index (χ2n) is 10.3. The first-order valence-electron chi connectivity index (χ1n) is 13.0. The first-order chi connectivity index (χ1) is 17.2. The number of amides is 2. The maximum atomic E-state index is 14.1. The normalized spacial score (nSPS) is 26.2. The SMILES string of the molecule is CCC[C@@H]1C=C[C@H]2[C@H](C(=O)N([C@@H](CO)CC(C)C)[C@@H]2C(=O)Nc2c(C)cccc2Cl)[C@@H]1C(=O)OCC. The number of hydrogen-bond donors (Lipinski definition) is 2. The Balaban J connectivity index is 2.08. The Morgan fingerprint density at radius 3 is 2.53 bits per heavy atom. The molecule has 2 aliphatic rings. The molecule has 7 nitrogen and oxygen atoms in total. The number of carbonyl (C=O) groups is 3. The van der Waals surface area contributed by atoms with Gasteiger partial charge in [-0.15, -0.1) is 0 Å². The van der Waals surface area contributed by atoms with Gasteiger partial charge in [-0.2, -0.15) is 0 Å². The van der Waals surface area contributed by atoms with Crippen LogP contribution in [0.5, 0.6) is 0 Å². The summed E-state index contributed by atoms with van der Waals surface area (Å²) in [5, 5.41) is 13.7. The van der Waals surface area contributed by atoms with Crippen molar-refractivity contribution in [1.82, 2.24) is 4.90 Å². The van der Waals surface area contributed by atoms with E-state index >= 15 is 0 Å². The quantitative estimate of drug-likeness (QED) is 0.348. The molecule has 0 spiro atoms. The molecule has 2 amide bonds. The molecule has 1 aromatic carbocycles.